The van der Waals surface area contributed by atoms with E-state index in [9.17, 15) is 0 Å². The van der Waals surface area contributed by atoms with E-state index in [4.69, 9.17) is 11.8 Å². The highest BCUT2D eigenvalue weighted by Gasteiger charge is 2.26. The number of unbranched alkanes of at least 4 members (excludes halogenated alkanes) is 8. The summed E-state index contributed by atoms with van der Waals surface area (Å²) in [4.78, 5) is 0. The van der Waals surface area contributed by atoms with Gasteiger partial charge in [0.2, 0.25) is 0 Å². The van der Waals surface area contributed by atoms with Crippen LogP contribution in [0.4, 0.5) is 0 Å². The Balaban J connectivity index is 0.00000191. The SMILES string of the molecule is CCCCCCCCCCC[N+]1(CC)CCCCC1.[C-]#N. The third-order valence-corrected chi connectivity index (χ3v) is 5.17. The molecule has 124 valence electrons. The molecule has 2 heteroatoms. The van der Waals surface area contributed by atoms with Crippen LogP contribution in [0.5, 0.6) is 0 Å². The molecule has 1 heterocycles. The van der Waals surface area contributed by atoms with Gasteiger partial charge in [-0.3, -0.25) is 0 Å². The molecule has 0 radical (unpaired) electrons. The van der Waals surface area contributed by atoms with Gasteiger partial charge in [-0.1, -0.05) is 51.9 Å². The number of hydrogen-bond acceptors (Lipinski definition) is 1. The van der Waals surface area contributed by atoms with E-state index in [0.29, 0.717) is 0 Å². The van der Waals surface area contributed by atoms with Crippen molar-refractivity contribution in [3.05, 3.63) is 6.57 Å². The van der Waals surface area contributed by atoms with E-state index in [-0.39, 0.29) is 0 Å². The van der Waals surface area contributed by atoms with Crippen LogP contribution in [0.15, 0.2) is 0 Å². The molecule has 0 N–H and O–H groups in total. The van der Waals surface area contributed by atoms with Crippen molar-refractivity contribution in [2.45, 2.75) is 90.9 Å². The summed E-state index contributed by atoms with van der Waals surface area (Å²) in [6.45, 7) is 15.2. The molecular weight excluding hydrogens is 256 g/mol. The molecule has 1 fully saturated rings. The van der Waals surface area contributed by atoms with Crippen LogP contribution in [-0.2, 0) is 0 Å². The van der Waals surface area contributed by atoms with Crippen molar-refractivity contribution < 1.29 is 4.48 Å². The molecule has 21 heavy (non-hydrogen) atoms. The highest BCUT2D eigenvalue weighted by Crippen LogP contribution is 2.20. The third-order valence-electron chi connectivity index (χ3n) is 5.17. The molecule has 0 aromatic rings. The van der Waals surface area contributed by atoms with Gasteiger partial charge in [-0.25, -0.2) is 0 Å². The molecule has 1 rings (SSSR count). The lowest BCUT2D eigenvalue weighted by Gasteiger charge is -2.41. The summed E-state index contributed by atoms with van der Waals surface area (Å²) in [5.41, 5.74) is 0. The van der Waals surface area contributed by atoms with Gasteiger partial charge in [-0.05, 0) is 39.0 Å². The largest absolute Gasteiger partial charge is 0.512 e. The standard InChI is InChI=1S/C18H38N.CN/c1-3-5-6-7-8-9-10-11-13-16-19(4-2)17-14-12-15-18-19;1-2/h3-18H2,1-2H3;/q+1;-1. The van der Waals surface area contributed by atoms with E-state index in [1.54, 1.807) is 0 Å². The average molecular weight is 295 g/mol. The lowest BCUT2D eigenvalue weighted by Crippen LogP contribution is -2.51. The molecule has 1 aliphatic heterocycles. The summed E-state index contributed by atoms with van der Waals surface area (Å²) in [6, 6.07) is 0. The quantitative estimate of drug-likeness (QED) is 0.275. The van der Waals surface area contributed by atoms with Gasteiger partial charge in [0, 0.05) is 0 Å². The van der Waals surface area contributed by atoms with Gasteiger partial charge in [0.25, 0.3) is 0 Å². The van der Waals surface area contributed by atoms with Crippen molar-refractivity contribution >= 4 is 0 Å². The number of hydrogen-bond donors (Lipinski definition) is 0. The van der Waals surface area contributed by atoms with E-state index in [0.717, 1.165) is 0 Å². The molecule has 0 atom stereocenters. The minimum Gasteiger partial charge on any atom is -0.512 e. The van der Waals surface area contributed by atoms with Gasteiger partial charge < -0.3 is 16.3 Å². The second-order valence-corrected chi connectivity index (χ2v) is 6.72. The summed E-state index contributed by atoms with van der Waals surface area (Å²) in [5, 5.41) is 6.25. The van der Waals surface area contributed by atoms with Crippen molar-refractivity contribution in [1.82, 2.24) is 0 Å². The summed E-state index contributed by atoms with van der Waals surface area (Å²) in [6.07, 6.45) is 17.6. The normalized spacial score (nSPS) is 17.0. The third kappa shape index (κ3) is 9.91. The predicted octanol–water partition coefficient (Wildman–Crippen LogP) is 5.63. The van der Waals surface area contributed by atoms with E-state index >= 15 is 0 Å². The first kappa shape index (κ1) is 20.5. The van der Waals surface area contributed by atoms with Gasteiger partial charge >= 0.3 is 0 Å². The first-order chi connectivity index (χ1) is 10.3. The molecule has 0 bridgehead atoms. The minimum absolute atomic E-state index is 1.37. The van der Waals surface area contributed by atoms with Crippen molar-refractivity contribution in [1.29, 1.82) is 5.26 Å². The van der Waals surface area contributed by atoms with Crippen molar-refractivity contribution in [2.24, 2.45) is 0 Å². The van der Waals surface area contributed by atoms with Crippen LogP contribution in [-0.4, -0.2) is 30.7 Å². The molecule has 0 aliphatic carbocycles. The van der Waals surface area contributed by atoms with Crippen LogP contribution in [0.3, 0.4) is 0 Å². The van der Waals surface area contributed by atoms with Crippen LogP contribution in [0.2, 0.25) is 0 Å². The molecule has 0 aromatic heterocycles. The smallest absolute Gasteiger partial charge is 0.0786 e. The fourth-order valence-corrected chi connectivity index (χ4v) is 3.64. The maximum Gasteiger partial charge on any atom is 0.0786 e. The predicted molar refractivity (Wildman–Crippen MR) is 91.4 cm³/mol. The topological polar surface area (TPSA) is 23.8 Å². The Bertz CT molecular complexity index is 229. The molecule has 0 saturated carbocycles. The zero-order valence-electron chi connectivity index (χ0n) is 14.7. The second kappa shape index (κ2) is 14.4. The fraction of sp³-hybridized carbons (Fsp3) is 0.947. The Morgan fingerprint density at radius 3 is 1.67 bits per heavy atom. The Hall–Kier alpha value is -0.550. The van der Waals surface area contributed by atoms with Crippen LogP contribution in [0.25, 0.3) is 0 Å². The van der Waals surface area contributed by atoms with Gasteiger partial charge in [-0.15, -0.1) is 0 Å². The highest BCUT2D eigenvalue weighted by molar-refractivity contribution is 4.54. The average Bonchev–Trinajstić information content (AvgIpc) is 2.56. The number of rotatable bonds is 11. The molecule has 0 amide bonds. The van der Waals surface area contributed by atoms with E-state index in [1.165, 1.54) is 108 Å². The van der Waals surface area contributed by atoms with Crippen molar-refractivity contribution in [3.63, 3.8) is 0 Å². The molecular formula is C19H38N2. The number of piperidine rings is 1. The molecule has 0 unspecified atom stereocenters. The van der Waals surface area contributed by atoms with Gasteiger partial charge in [0.15, 0.2) is 0 Å². The number of quaternary nitrogens is 1. The van der Waals surface area contributed by atoms with Gasteiger partial charge in [0.1, 0.15) is 0 Å². The lowest BCUT2D eigenvalue weighted by atomic mass is 10.0. The Morgan fingerprint density at radius 1 is 0.714 bits per heavy atom. The molecule has 0 spiro atoms. The summed E-state index contributed by atoms with van der Waals surface area (Å²) in [7, 11) is 0. The van der Waals surface area contributed by atoms with Gasteiger partial charge in [-0.2, -0.15) is 0 Å². The summed E-state index contributed by atoms with van der Waals surface area (Å²) < 4.78 is 1.44. The first-order valence-corrected chi connectivity index (χ1v) is 9.40. The maximum absolute atomic E-state index is 6.25. The lowest BCUT2D eigenvalue weighted by molar-refractivity contribution is -0.931. The Labute approximate surface area is 134 Å². The van der Waals surface area contributed by atoms with E-state index in [1.807, 2.05) is 0 Å². The van der Waals surface area contributed by atoms with Gasteiger partial charge in [0.05, 0.1) is 26.2 Å². The first-order valence-electron chi connectivity index (χ1n) is 9.40. The monoisotopic (exact) mass is 294 g/mol. The molecule has 2 nitrogen and oxygen atoms in total. The van der Waals surface area contributed by atoms with Crippen molar-refractivity contribution in [3.8, 4) is 0 Å². The number of likely N-dealkylation sites (tertiary alicyclic amines) is 1. The van der Waals surface area contributed by atoms with E-state index < -0.39 is 0 Å². The van der Waals surface area contributed by atoms with Crippen LogP contribution in [0.1, 0.15) is 90.9 Å². The Morgan fingerprint density at radius 2 is 1.19 bits per heavy atom. The Kier molecular flexibility index (Phi) is 14.0. The zero-order chi connectivity index (χ0) is 15.8. The minimum atomic E-state index is 1.37. The van der Waals surface area contributed by atoms with Crippen molar-refractivity contribution in [2.75, 3.05) is 26.2 Å². The summed E-state index contributed by atoms with van der Waals surface area (Å²) >= 11 is 0. The van der Waals surface area contributed by atoms with E-state index in [2.05, 4.69) is 13.8 Å². The molecule has 1 saturated heterocycles. The van der Waals surface area contributed by atoms with Crippen LogP contribution < -0.4 is 0 Å². The highest BCUT2D eigenvalue weighted by atomic mass is 15.3. The zero-order valence-corrected chi connectivity index (χ0v) is 14.7. The number of nitrogens with zero attached hydrogens (tertiary/aromatic N) is 2. The summed E-state index contributed by atoms with van der Waals surface area (Å²) in [5.74, 6) is 0. The second-order valence-electron chi connectivity index (χ2n) is 6.72. The molecule has 0 aromatic carbocycles. The maximum atomic E-state index is 6.25. The fourth-order valence-electron chi connectivity index (χ4n) is 3.64. The van der Waals surface area contributed by atoms with Crippen LogP contribution in [0, 0.1) is 11.8 Å². The molecule has 1 aliphatic rings. The van der Waals surface area contributed by atoms with Crippen LogP contribution >= 0.6 is 0 Å².